The van der Waals surface area contributed by atoms with Crippen LogP contribution in [-0.2, 0) is 6.61 Å². The van der Waals surface area contributed by atoms with E-state index in [1.807, 2.05) is 24.3 Å². The van der Waals surface area contributed by atoms with Gasteiger partial charge in [0.1, 0.15) is 24.2 Å². The zero-order valence-electron chi connectivity index (χ0n) is 16.7. The third kappa shape index (κ3) is 3.94. The Morgan fingerprint density at radius 2 is 1.52 bits per heavy atom. The number of benzene rings is 3. The Morgan fingerprint density at radius 1 is 0.862 bits per heavy atom. The standard InChI is InChI=1S/C25H26N2O2/c1-27-13-11-19(12-14-27)29-21-8-10-23-22-9-7-20(15-24(22)26-25(23)16-21)28-17-18-5-3-2-4-6-18/h2-10,15-16,19,26H,11-14,17H2,1H3. The van der Waals surface area contributed by atoms with E-state index in [-0.39, 0.29) is 0 Å². The van der Waals surface area contributed by atoms with Crippen LogP contribution < -0.4 is 9.47 Å². The lowest BCUT2D eigenvalue weighted by Crippen LogP contribution is -2.35. The van der Waals surface area contributed by atoms with Crippen molar-refractivity contribution in [2.24, 2.45) is 0 Å². The molecular formula is C25H26N2O2. The molecule has 4 nitrogen and oxygen atoms in total. The van der Waals surface area contributed by atoms with E-state index in [0.717, 1.165) is 48.5 Å². The second-order valence-electron chi connectivity index (χ2n) is 7.93. The first-order valence-corrected chi connectivity index (χ1v) is 10.3. The first-order chi connectivity index (χ1) is 14.2. The molecule has 148 valence electrons. The van der Waals surface area contributed by atoms with Crippen molar-refractivity contribution < 1.29 is 9.47 Å². The number of aromatic amines is 1. The molecular weight excluding hydrogens is 360 g/mol. The van der Waals surface area contributed by atoms with Gasteiger partial charge < -0.3 is 19.4 Å². The van der Waals surface area contributed by atoms with E-state index in [0.29, 0.717) is 12.7 Å². The molecule has 3 aromatic carbocycles. The third-order valence-electron chi connectivity index (χ3n) is 5.76. The predicted octanol–water partition coefficient (Wildman–Crippen LogP) is 5.37. The van der Waals surface area contributed by atoms with Gasteiger partial charge in [-0.2, -0.15) is 0 Å². The molecule has 2 heterocycles. The van der Waals surface area contributed by atoms with E-state index < -0.39 is 0 Å². The smallest absolute Gasteiger partial charge is 0.121 e. The molecule has 0 aliphatic carbocycles. The lowest BCUT2D eigenvalue weighted by Gasteiger charge is -2.29. The average Bonchev–Trinajstić information content (AvgIpc) is 3.11. The van der Waals surface area contributed by atoms with Crippen LogP contribution in [0.4, 0.5) is 0 Å². The molecule has 1 aromatic heterocycles. The highest BCUT2D eigenvalue weighted by molar-refractivity contribution is 6.07. The summed E-state index contributed by atoms with van der Waals surface area (Å²) in [6.07, 6.45) is 2.48. The van der Waals surface area contributed by atoms with E-state index in [9.17, 15) is 0 Å². The highest BCUT2D eigenvalue weighted by Gasteiger charge is 2.18. The van der Waals surface area contributed by atoms with E-state index in [4.69, 9.17) is 9.47 Å². The lowest BCUT2D eigenvalue weighted by atomic mass is 10.1. The van der Waals surface area contributed by atoms with Gasteiger partial charge >= 0.3 is 0 Å². The largest absolute Gasteiger partial charge is 0.490 e. The van der Waals surface area contributed by atoms with Gasteiger partial charge in [-0.05, 0) is 49.7 Å². The van der Waals surface area contributed by atoms with Crippen molar-refractivity contribution in [1.82, 2.24) is 9.88 Å². The van der Waals surface area contributed by atoms with Crippen LogP contribution in [0.25, 0.3) is 21.8 Å². The molecule has 4 aromatic rings. The first kappa shape index (κ1) is 18.1. The summed E-state index contributed by atoms with van der Waals surface area (Å²) in [7, 11) is 2.17. The molecule has 1 aliphatic heterocycles. The molecule has 1 aliphatic rings. The minimum absolute atomic E-state index is 0.311. The fourth-order valence-corrected chi connectivity index (χ4v) is 4.07. The topological polar surface area (TPSA) is 37.5 Å². The van der Waals surface area contributed by atoms with Gasteiger partial charge in [-0.15, -0.1) is 0 Å². The summed E-state index contributed by atoms with van der Waals surface area (Å²) in [5, 5.41) is 2.42. The second kappa shape index (κ2) is 7.80. The maximum absolute atomic E-state index is 6.25. The monoisotopic (exact) mass is 386 g/mol. The zero-order chi connectivity index (χ0) is 19.6. The summed E-state index contributed by atoms with van der Waals surface area (Å²) in [6, 6.07) is 22.9. The van der Waals surface area contributed by atoms with Gasteiger partial charge in [0, 0.05) is 36.0 Å². The van der Waals surface area contributed by atoms with E-state index in [2.05, 4.69) is 59.4 Å². The normalized spacial score (nSPS) is 15.8. The number of hydrogen-bond acceptors (Lipinski definition) is 3. The Labute approximate surface area is 171 Å². The molecule has 1 fully saturated rings. The fraction of sp³-hybridized carbons (Fsp3) is 0.280. The van der Waals surface area contributed by atoms with Crippen LogP contribution >= 0.6 is 0 Å². The van der Waals surface area contributed by atoms with Crippen molar-refractivity contribution in [3.8, 4) is 11.5 Å². The predicted molar refractivity (Wildman–Crippen MR) is 118 cm³/mol. The Hall–Kier alpha value is -2.98. The average molecular weight is 386 g/mol. The summed E-state index contributed by atoms with van der Waals surface area (Å²) in [5.41, 5.74) is 3.35. The number of rotatable bonds is 5. The number of piperidine rings is 1. The number of H-pyrrole nitrogens is 1. The number of hydrogen-bond donors (Lipinski definition) is 1. The van der Waals surface area contributed by atoms with E-state index in [1.165, 1.54) is 16.3 Å². The number of likely N-dealkylation sites (tertiary alicyclic amines) is 1. The Balaban J connectivity index is 1.35. The molecule has 0 unspecified atom stereocenters. The maximum Gasteiger partial charge on any atom is 0.121 e. The summed E-state index contributed by atoms with van der Waals surface area (Å²) >= 11 is 0. The summed E-state index contributed by atoms with van der Waals surface area (Å²) in [6.45, 7) is 2.78. The molecule has 0 amide bonds. The van der Waals surface area contributed by atoms with E-state index in [1.54, 1.807) is 0 Å². The molecule has 0 atom stereocenters. The van der Waals surface area contributed by atoms with Crippen LogP contribution in [0.3, 0.4) is 0 Å². The van der Waals surface area contributed by atoms with Crippen molar-refractivity contribution in [3.05, 3.63) is 72.3 Å². The molecule has 29 heavy (non-hydrogen) atoms. The molecule has 0 saturated carbocycles. The maximum atomic E-state index is 6.25. The SMILES string of the molecule is CN1CCC(Oc2ccc3c(c2)[nH]c2cc(OCc4ccccc4)ccc23)CC1. The summed E-state index contributed by atoms with van der Waals surface area (Å²) in [5.74, 6) is 1.81. The minimum atomic E-state index is 0.311. The van der Waals surface area contributed by atoms with Crippen LogP contribution in [0.2, 0.25) is 0 Å². The van der Waals surface area contributed by atoms with Crippen molar-refractivity contribution in [2.75, 3.05) is 20.1 Å². The third-order valence-corrected chi connectivity index (χ3v) is 5.76. The van der Waals surface area contributed by atoms with Crippen molar-refractivity contribution in [3.63, 3.8) is 0 Å². The van der Waals surface area contributed by atoms with Gasteiger partial charge in [-0.1, -0.05) is 30.3 Å². The molecule has 1 saturated heterocycles. The highest BCUT2D eigenvalue weighted by atomic mass is 16.5. The molecule has 0 bridgehead atoms. The fourth-order valence-electron chi connectivity index (χ4n) is 4.07. The minimum Gasteiger partial charge on any atom is -0.490 e. The van der Waals surface area contributed by atoms with Gasteiger partial charge in [-0.25, -0.2) is 0 Å². The van der Waals surface area contributed by atoms with Gasteiger partial charge in [0.15, 0.2) is 0 Å². The first-order valence-electron chi connectivity index (χ1n) is 10.3. The van der Waals surface area contributed by atoms with Gasteiger partial charge in [0.25, 0.3) is 0 Å². The molecule has 0 spiro atoms. The Bertz CT molecular complexity index is 1110. The lowest BCUT2D eigenvalue weighted by molar-refractivity contribution is 0.114. The number of aromatic nitrogens is 1. The number of ether oxygens (including phenoxy) is 2. The molecule has 5 rings (SSSR count). The van der Waals surface area contributed by atoms with Crippen LogP contribution in [0.15, 0.2) is 66.7 Å². The quantitative estimate of drug-likeness (QED) is 0.501. The second-order valence-corrected chi connectivity index (χ2v) is 7.93. The Morgan fingerprint density at radius 3 is 2.24 bits per heavy atom. The van der Waals surface area contributed by atoms with Crippen LogP contribution in [-0.4, -0.2) is 36.1 Å². The van der Waals surface area contributed by atoms with Gasteiger partial charge in [0.05, 0.1) is 11.0 Å². The summed E-state index contributed by atoms with van der Waals surface area (Å²) < 4.78 is 12.2. The number of nitrogens with one attached hydrogen (secondary N) is 1. The van der Waals surface area contributed by atoms with Crippen LogP contribution in [0, 0.1) is 0 Å². The number of fused-ring (bicyclic) bond motifs is 3. The summed E-state index contributed by atoms with van der Waals surface area (Å²) in [4.78, 5) is 5.89. The number of nitrogens with zero attached hydrogens (tertiary/aromatic N) is 1. The van der Waals surface area contributed by atoms with Gasteiger partial charge in [0.2, 0.25) is 0 Å². The molecule has 4 heteroatoms. The van der Waals surface area contributed by atoms with Crippen LogP contribution in [0.5, 0.6) is 11.5 Å². The van der Waals surface area contributed by atoms with E-state index >= 15 is 0 Å². The van der Waals surface area contributed by atoms with Crippen molar-refractivity contribution in [2.45, 2.75) is 25.6 Å². The van der Waals surface area contributed by atoms with Gasteiger partial charge in [-0.3, -0.25) is 0 Å². The van der Waals surface area contributed by atoms with Crippen LogP contribution in [0.1, 0.15) is 18.4 Å². The highest BCUT2D eigenvalue weighted by Crippen LogP contribution is 2.31. The molecule has 1 N–H and O–H groups in total. The molecule has 0 radical (unpaired) electrons. The van der Waals surface area contributed by atoms with Crippen molar-refractivity contribution >= 4 is 21.8 Å². The Kier molecular flexibility index (Phi) is 4.86. The van der Waals surface area contributed by atoms with Crippen molar-refractivity contribution in [1.29, 1.82) is 0 Å². The zero-order valence-corrected chi connectivity index (χ0v) is 16.7.